The molecule has 0 radical (unpaired) electrons. The first-order valence-corrected chi connectivity index (χ1v) is 47.8. The largest absolute Gasteiger partial charge is 0.298 e. The molecule has 0 bridgehead atoms. The van der Waals surface area contributed by atoms with E-state index in [0.717, 1.165) is 22.6 Å². The van der Waals surface area contributed by atoms with Crippen LogP contribution >= 0.6 is 90.7 Å². The lowest BCUT2D eigenvalue weighted by Crippen LogP contribution is -1.91. The van der Waals surface area contributed by atoms with Crippen molar-refractivity contribution >= 4 is 361 Å². The normalized spacial score (nSPS) is 12.5. The van der Waals surface area contributed by atoms with Gasteiger partial charge in [-0.3, -0.25) is 17.6 Å². The van der Waals surface area contributed by atoms with Crippen LogP contribution in [0.25, 0.3) is 271 Å². The molecule has 16 heterocycles. The van der Waals surface area contributed by atoms with Crippen molar-refractivity contribution in [1.29, 1.82) is 0 Å². The molecule has 32 aromatic rings. The number of nitrogens with zero attached hydrogens (tertiary/aromatic N) is 8. The predicted molar refractivity (Wildman–Crippen MR) is 544 cm³/mol. The van der Waals surface area contributed by atoms with Gasteiger partial charge in [0.15, 0.2) is 0 Å². The molecule has 0 fully saturated rings. The molecular weight excluding hydrogens is 1670 g/mol. The highest BCUT2D eigenvalue weighted by molar-refractivity contribution is 7.32. The molecule has 0 saturated carbocycles. The van der Waals surface area contributed by atoms with E-state index in [1.165, 1.54) is 248 Å². The lowest BCUT2D eigenvalue weighted by molar-refractivity contribution is 1.28. The Balaban J connectivity index is 0.0000000828. The van der Waals surface area contributed by atoms with Crippen molar-refractivity contribution in [3.8, 4) is 0 Å². The van der Waals surface area contributed by atoms with Crippen LogP contribution in [-0.2, 0) is 0 Å². The molecule has 16 aromatic carbocycles. The van der Waals surface area contributed by atoms with Gasteiger partial charge in [0.05, 0.1) is 40.9 Å². The van der Waals surface area contributed by atoms with Crippen molar-refractivity contribution in [2.45, 2.75) is 0 Å². The highest BCUT2D eigenvalue weighted by atomic mass is 32.1. The number of hydrogen-bond donors (Lipinski definition) is 0. The summed E-state index contributed by atoms with van der Waals surface area (Å²) in [6, 6.07) is 106. The Kier molecular flexibility index (Phi) is 14.3. The highest BCUT2D eigenvalue weighted by Crippen LogP contribution is 2.56. The van der Waals surface area contributed by atoms with Gasteiger partial charge in [-0.05, 0) is 76.1 Å². The number of rotatable bonds is 0. The lowest BCUT2D eigenvalue weighted by Gasteiger charge is -2.11. The molecule has 0 aliphatic carbocycles. The summed E-state index contributed by atoms with van der Waals surface area (Å²) in [6.07, 6.45) is 16.1. The number of pyridine rings is 4. The quantitative estimate of drug-likeness (QED) is 0.142. The van der Waals surface area contributed by atoms with Crippen molar-refractivity contribution in [2.75, 3.05) is 0 Å². The molecule has 0 atom stereocenters. The summed E-state index contributed by atoms with van der Waals surface area (Å²) in [6.45, 7) is 0. The third-order valence-corrected chi connectivity index (χ3v) is 35.2. The molecule has 16 aromatic heterocycles. The van der Waals surface area contributed by atoms with Crippen molar-refractivity contribution in [1.82, 2.24) is 37.5 Å². The van der Waals surface area contributed by atoms with E-state index in [0.29, 0.717) is 0 Å². The Labute approximate surface area is 732 Å². The molecule has 0 spiro atoms. The first kappa shape index (κ1) is 68.7. The van der Waals surface area contributed by atoms with Gasteiger partial charge >= 0.3 is 0 Å². The molecule has 8 nitrogen and oxygen atoms in total. The van der Waals surface area contributed by atoms with E-state index >= 15 is 0 Å². The van der Waals surface area contributed by atoms with Crippen LogP contribution in [0.3, 0.4) is 0 Å². The maximum absolute atomic E-state index is 4.76. The molecular formula is C108H56N8S8. The molecule has 0 saturated heterocycles. The molecule has 0 amide bonds. The Morgan fingerprint density at radius 2 is 0.419 bits per heavy atom. The fraction of sp³-hybridized carbons (Fsp3) is 0. The smallest absolute Gasteiger partial charge is 0.145 e. The van der Waals surface area contributed by atoms with Crippen molar-refractivity contribution in [2.24, 2.45) is 0 Å². The van der Waals surface area contributed by atoms with Gasteiger partial charge < -0.3 is 0 Å². The van der Waals surface area contributed by atoms with E-state index in [9.17, 15) is 0 Å². The maximum atomic E-state index is 4.76. The SMILES string of the molecule is c1ccc2c(c1)sc1c2c2c3ccccc3sc2c2c1c1ccccc1c1nccn12.c1ccc2c(c1)sc1c2c2sc3ccccc3c2c2c3ccccc3c3nccn3c12.c1ccc2c(c1)sc1c2ccc2sc3c(ccc4c5ccccc5c5nccn5c43)c21.c1ccc2c(c1)sc1ccc3sc4c(ccc5c6ccccc6c6nccn6c54)c3c12. The fourth-order valence-corrected chi connectivity index (χ4v) is 30.8. The van der Waals surface area contributed by atoms with Gasteiger partial charge in [0.2, 0.25) is 0 Å². The summed E-state index contributed by atoms with van der Waals surface area (Å²) in [4.78, 5) is 18.9. The third kappa shape index (κ3) is 9.36. The van der Waals surface area contributed by atoms with Crippen LogP contribution in [0, 0.1) is 0 Å². The zero-order valence-corrected chi connectivity index (χ0v) is 71.7. The number of benzene rings is 16. The minimum atomic E-state index is 1.03. The van der Waals surface area contributed by atoms with Crippen LogP contribution in [0.2, 0.25) is 0 Å². The maximum Gasteiger partial charge on any atom is 0.145 e. The number of fused-ring (bicyclic) bond motifs is 58. The molecule has 16 heteroatoms. The van der Waals surface area contributed by atoms with Gasteiger partial charge in [0.25, 0.3) is 0 Å². The zero-order chi connectivity index (χ0) is 80.4. The Bertz CT molecular complexity index is 10400. The number of thiophene rings is 8. The van der Waals surface area contributed by atoms with Crippen molar-refractivity contribution in [3.05, 3.63) is 341 Å². The monoisotopic (exact) mass is 1720 g/mol. The van der Waals surface area contributed by atoms with Gasteiger partial charge in [-0.2, -0.15) is 0 Å². The van der Waals surface area contributed by atoms with Gasteiger partial charge in [0.1, 0.15) is 22.6 Å². The molecule has 0 N–H and O–H groups in total. The molecule has 32 rings (SSSR count). The summed E-state index contributed by atoms with van der Waals surface area (Å²) in [5.74, 6) is 0. The van der Waals surface area contributed by atoms with Crippen LogP contribution in [0.5, 0.6) is 0 Å². The molecule has 0 aliphatic rings. The van der Waals surface area contributed by atoms with E-state index in [1.807, 2.05) is 115 Å². The second-order valence-corrected chi connectivity index (χ2v) is 40.5. The summed E-state index contributed by atoms with van der Waals surface area (Å²) in [5.41, 5.74) is 9.19. The molecule has 0 unspecified atom stereocenters. The van der Waals surface area contributed by atoms with E-state index in [-0.39, 0.29) is 0 Å². The van der Waals surface area contributed by atoms with Gasteiger partial charge in [-0.1, -0.05) is 237 Å². The number of hydrogen-bond acceptors (Lipinski definition) is 12. The van der Waals surface area contributed by atoms with Crippen LogP contribution in [0.4, 0.5) is 0 Å². The van der Waals surface area contributed by atoms with E-state index < -0.39 is 0 Å². The molecule has 124 heavy (non-hydrogen) atoms. The minimum Gasteiger partial charge on any atom is -0.298 e. The van der Waals surface area contributed by atoms with Gasteiger partial charge in [-0.25, -0.2) is 19.9 Å². The van der Waals surface area contributed by atoms with Crippen molar-refractivity contribution in [3.63, 3.8) is 0 Å². The second-order valence-electron chi connectivity index (χ2n) is 32.0. The average molecular weight is 1720 g/mol. The first-order chi connectivity index (χ1) is 61.6. The fourth-order valence-electron chi connectivity index (χ4n) is 20.7. The van der Waals surface area contributed by atoms with E-state index in [2.05, 4.69) is 334 Å². The summed E-state index contributed by atoms with van der Waals surface area (Å²) in [5, 5.41) is 37.0. The van der Waals surface area contributed by atoms with Crippen LogP contribution in [0.15, 0.2) is 341 Å². The summed E-state index contributed by atoms with van der Waals surface area (Å²) >= 11 is 15.2. The number of imidazole rings is 4. The third-order valence-electron chi connectivity index (χ3n) is 25.8. The van der Waals surface area contributed by atoms with Gasteiger partial charge in [-0.15, -0.1) is 90.7 Å². The zero-order valence-electron chi connectivity index (χ0n) is 65.2. The van der Waals surface area contributed by atoms with Crippen LogP contribution in [-0.4, -0.2) is 37.5 Å². The van der Waals surface area contributed by atoms with Gasteiger partial charge in [0, 0.05) is 235 Å². The van der Waals surface area contributed by atoms with E-state index in [4.69, 9.17) is 19.9 Å². The molecule has 0 aliphatic heterocycles. The lowest BCUT2D eigenvalue weighted by atomic mass is 9.98. The number of aromatic nitrogens is 8. The topological polar surface area (TPSA) is 69.2 Å². The Morgan fingerprint density at radius 3 is 0.911 bits per heavy atom. The highest BCUT2D eigenvalue weighted by Gasteiger charge is 2.27. The predicted octanol–water partition coefficient (Wildman–Crippen LogP) is 33.5. The Morgan fingerprint density at radius 1 is 0.145 bits per heavy atom. The standard InChI is InChI=1S/4C27H14N2S2/c1-2-8-16-15(7-1)23-24(29-14-13-28-27(16)29)26-22(18-10-4-6-12-20(18)31-26)21-17-9-3-5-11-19(17)30-25(21)23;1-2-8-16-15(7-1)21-22-17-9-3-5-11-19(17)30-25(22)23-18-10-4-6-12-20(18)31-26(23)24(21)29-14-13-28-27(16)29;1-2-7-19-15(5-1)17-9-10-20-23-22(31-26(20)24(17)29-14-13-28-27(19)29)12-11-18-16-6-3-4-8-21(16)30-25(18)23;1-2-6-17-15(5-1)16-9-10-19-24-22(31-26(19)25(16)29-14-13-28-27(17)29)12-11-21-23(24)18-7-3-4-8-20(18)30-21/h4*1-14H. The average Bonchev–Trinajstić information content (AvgIpc) is 1.52. The van der Waals surface area contributed by atoms with Crippen LogP contribution < -0.4 is 0 Å². The van der Waals surface area contributed by atoms with Crippen LogP contribution in [0.1, 0.15) is 0 Å². The summed E-state index contributed by atoms with van der Waals surface area (Å²) < 4.78 is 30.8. The Hall–Kier alpha value is -13.9. The van der Waals surface area contributed by atoms with E-state index in [1.54, 1.807) is 0 Å². The molecule has 576 valence electrons. The van der Waals surface area contributed by atoms with Crippen molar-refractivity contribution < 1.29 is 0 Å². The minimum absolute atomic E-state index is 1.03. The first-order valence-electron chi connectivity index (χ1n) is 41.3. The second kappa shape index (κ2) is 25.9. The summed E-state index contributed by atoms with van der Waals surface area (Å²) in [7, 11) is 0.